The molecule has 3 rings (SSSR count). The number of para-hydroxylation sites is 2. The zero-order chi connectivity index (χ0) is 21.7. The number of carbonyl (C=O) groups is 1. The Morgan fingerprint density at radius 2 is 1.93 bits per heavy atom. The van der Waals surface area contributed by atoms with E-state index in [4.69, 9.17) is 16.3 Å². The third-order valence-corrected chi connectivity index (χ3v) is 6.13. The smallest absolute Gasteiger partial charge is 0.238 e. The minimum atomic E-state index is -0.475. The number of thioether (sulfide) groups is 1. The van der Waals surface area contributed by atoms with Crippen molar-refractivity contribution < 1.29 is 13.9 Å². The van der Waals surface area contributed by atoms with Gasteiger partial charge in [-0.3, -0.25) is 4.79 Å². The largest absolute Gasteiger partial charge is 0.481 e. The van der Waals surface area contributed by atoms with E-state index < -0.39 is 17.2 Å². The quantitative estimate of drug-likeness (QED) is 0.476. The van der Waals surface area contributed by atoms with E-state index in [0.29, 0.717) is 28.2 Å². The number of amides is 1. The Hall–Kier alpha value is -2.58. The van der Waals surface area contributed by atoms with Crippen LogP contribution in [0.4, 0.5) is 10.1 Å². The Morgan fingerprint density at radius 3 is 2.63 bits per heavy atom. The third kappa shape index (κ3) is 5.12. The van der Waals surface area contributed by atoms with Crippen LogP contribution in [0.15, 0.2) is 53.7 Å². The molecule has 3 aromatic rings. The molecule has 2 aromatic carbocycles. The molecule has 0 radical (unpaired) electrons. The number of aromatic nitrogens is 3. The Balaban J connectivity index is 1.70. The summed E-state index contributed by atoms with van der Waals surface area (Å²) in [7, 11) is 1.81. The molecule has 30 heavy (non-hydrogen) atoms. The van der Waals surface area contributed by atoms with E-state index in [9.17, 15) is 9.18 Å². The summed E-state index contributed by atoms with van der Waals surface area (Å²) >= 11 is 7.43. The lowest BCUT2D eigenvalue weighted by molar-refractivity contribution is -0.115. The molecule has 9 heteroatoms. The summed E-state index contributed by atoms with van der Waals surface area (Å²) in [5, 5.41) is 11.7. The summed E-state index contributed by atoms with van der Waals surface area (Å²) in [4.78, 5) is 12.6. The van der Waals surface area contributed by atoms with Crippen LogP contribution in [-0.4, -0.2) is 25.9 Å². The standard InChI is InChI=1S/C21H22ClFN4O2S/c1-4-18(20(28)24-16-11-7-6-10-15(16)23)30-21-26-25-19(27(21)3)13(2)29-17-12-8-5-9-14(17)22/h5-13,18H,4H2,1-3H3,(H,24,28). The molecule has 2 unspecified atom stereocenters. The monoisotopic (exact) mass is 448 g/mol. The number of anilines is 1. The van der Waals surface area contributed by atoms with E-state index in [0.717, 1.165) is 0 Å². The van der Waals surface area contributed by atoms with E-state index >= 15 is 0 Å². The third-order valence-electron chi connectivity index (χ3n) is 4.42. The number of ether oxygens (including phenoxy) is 1. The minimum Gasteiger partial charge on any atom is -0.481 e. The first-order valence-electron chi connectivity index (χ1n) is 9.43. The number of nitrogens with one attached hydrogen (secondary N) is 1. The predicted octanol–water partition coefficient (Wildman–Crippen LogP) is 5.26. The van der Waals surface area contributed by atoms with Crippen LogP contribution in [0.1, 0.15) is 32.2 Å². The van der Waals surface area contributed by atoms with Crippen molar-refractivity contribution in [1.82, 2.24) is 14.8 Å². The molecule has 158 valence electrons. The normalized spacial score (nSPS) is 13.0. The number of rotatable bonds is 8. The Labute approximate surface area is 183 Å². The van der Waals surface area contributed by atoms with Crippen LogP contribution < -0.4 is 10.1 Å². The number of benzene rings is 2. The molecule has 1 amide bonds. The molecule has 0 spiro atoms. The van der Waals surface area contributed by atoms with Crippen LogP contribution in [0.25, 0.3) is 0 Å². The van der Waals surface area contributed by atoms with Gasteiger partial charge in [0.1, 0.15) is 11.6 Å². The first-order valence-corrected chi connectivity index (χ1v) is 10.7. The van der Waals surface area contributed by atoms with Crippen molar-refractivity contribution in [2.24, 2.45) is 7.05 Å². The lowest BCUT2D eigenvalue weighted by Crippen LogP contribution is -2.25. The highest BCUT2D eigenvalue weighted by atomic mass is 35.5. The molecule has 2 atom stereocenters. The molecule has 1 heterocycles. The van der Waals surface area contributed by atoms with Gasteiger partial charge in [0.25, 0.3) is 0 Å². The van der Waals surface area contributed by atoms with Crippen LogP contribution in [0.5, 0.6) is 5.75 Å². The number of carbonyl (C=O) groups excluding carboxylic acids is 1. The summed E-state index contributed by atoms with van der Waals surface area (Å²) in [5.41, 5.74) is 0.155. The molecule has 0 aliphatic carbocycles. The van der Waals surface area contributed by atoms with Crippen LogP contribution in [0.3, 0.4) is 0 Å². The Morgan fingerprint density at radius 1 is 1.23 bits per heavy atom. The van der Waals surface area contributed by atoms with Gasteiger partial charge in [0.2, 0.25) is 5.91 Å². The first-order chi connectivity index (χ1) is 14.4. The number of hydrogen-bond acceptors (Lipinski definition) is 5. The molecule has 0 aliphatic rings. The van der Waals surface area contributed by atoms with Gasteiger partial charge in [-0.25, -0.2) is 4.39 Å². The van der Waals surface area contributed by atoms with Crippen molar-refractivity contribution in [2.45, 2.75) is 36.8 Å². The van der Waals surface area contributed by atoms with E-state index in [1.54, 1.807) is 28.8 Å². The van der Waals surface area contributed by atoms with Gasteiger partial charge in [-0.15, -0.1) is 10.2 Å². The molecule has 0 fully saturated rings. The van der Waals surface area contributed by atoms with Gasteiger partial charge < -0.3 is 14.6 Å². The first kappa shape index (κ1) is 22.1. The highest BCUT2D eigenvalue weighted by Gasteiger charge is 2.24. The van der Waals surface area contributed by atoms with E-state index in [1.165, 1.54) is 23.9 Å². The second kappa shape index (κ2) is 9.95. The van der Waals surface area contributed by atoms with Gasteiger partial charge in [0, 0.05) is 7.05 Å². The Kier molecular flexibility index (Phi) is 7.33. The summed E-state index contributed by atoms with van der Waals surface area (Å²) in [5.74, 6) is 0.385. The van der Waals surface area contributed by atoms with Crippen molar-refractivity contribution >= 4 is 35.0 Å². The van der Waals surface area contributed by atoms with Gasteiger partial charge >= 0.3 is 0 Å². The molecular formula is C21H22ClFN4O2S. The van der Waals surface area contributed by atoms with Crippen LogP contribution in [0, 0.1) is 5.82 Å². The van der Waals surface area contributed by atoms with E-state index in [1.807, 2.05) is 33.0 Å². The highest BCUT2D eigenvalue weighted by Crippen LogP contribution is 2.30. The maximum atomic E-state index is 13.8. The topological polar surface area (TPSA) is 69.0 Å². The van der Waals surface area contributed by atoms with Crippen LogP contribution in [-0.2, 0) is 11.8 Å². The second-order valence-corrected chi connectivity index (χ2v) is 8.15. The molecule has 0 bridgehead atoms. The van der Waals surface area contributed by atoms with Gasteiger partial charge in [-0.1, -0.05) is 54.6 Å². The predicted molar refractivity (Wildman–Crippen MR) is 116 cm³/mol. The molecular weight excluding hydrogens is 427 g/mol. The number of nitrogens with zero attached hydrogens (tertiary/aromatic N) is 3. The summed E-state index contributed by atoms with van der Waals surface area (Å²) in [6.45, 7) is 3.74. The van der Waals surface area contributed by atoms with Crippen molar-refractivity contribution in [3.05, 3.63) is 65.2 Å². The SMILES string of the molecule is CCC(Sc1nnc(C(C)Oc2ccccc2Cl)n1C)C(=O)Nc1ccccc1F. The number of halogens is 2. The summed E-state index contributed by atoms with van der Waals surface area (Å²) < 4.78 is 21.5. The fourth-order valence-corrected chi connectivity index (χ4v) is 3.90. The maximum absolute atomic E-state index is 13.8. The average molecular weight is 449 g/mol. The lowest BCUT2D eigenvalue weighted by Gasteiger charge is -2.16. The van der Waals surface area contributed by atoms with Crippen LogP contribution in [0.2, 0.25) is 5.02 Å². The molecule has 0 saturated heterocycles. The van der Waals surface area contributed by atoms with Crippen LogP contribution >= 0.6 is 23.4 Å². The van der Waals surface area contributed by atoms with Gasteiger partial charge in [-0.05, 0) is 37.6 Å². The van der Waals surface area contributed by atoms with Crippen molar-refractivity contribution in [1.29, 1.82) is 0 Å². The molecule has 0 aliphatic heterocycles. The fourth-order valence-electron chi connectivity index (χ4n) is 2.79. The lowest BCUT2D eigenvalue weighted by atomic mass is 10.2. The van der Waals surface area contributed by atoms with E-state index in [-0.39, 0.29) is 11.6 Å². The summed E-state index contributed by atoms with van der Waals surface area (Å²) in [6.07, 6.45) is 0.141. The van der Waals surface area contributed by atoms with Gasteiger partial charge in [0.05, 0.1) is 16.0 Å². The van der Waals surface area contributed by atoms with Gasteiger partial charge in [-0.2, -0.15) is 0 Å². The fraction of sp³-hybridized carbons (Fsp3) is 0.286. The molecule has 6 nitrogen and oxygen atoms in total. The zero-order valence-corrected chi connectivity index (χ0v) is 18.4. The highest BCUT2D eigenvalue weighted by molar-refractivity contribution is 8.00. The average Bonchev–Trinajstić information content (AvgIpc) is 3.09. The van der Waals surface area contributed by atoms with Crippen molar-refractivity contribution in [2.75, 3.05) is 5.32 Å². The van der Waals surface area contributed by atoms with Crippen molar-refractivity contribution in [3.8, 4) is 5.75 Å². The Bertz CT molecular complexity index is 1030. The molecule has 0 saturated carbocycles. The molecule has 1 aromatic heterocycles. The molecule has 1 N–H and O–H groups in total. The van der Waals surface area contributed by atoms with Gasteiger partial charge in [0.15, 0.2) is 17.1 Å². The minimum absolute atomic E-state index is 0.155. The number of hydrogen-bond donors (Lipinski definition) is 1. The maximum Gasteiger partial charge on any atom is 0.238 e. The van der Waals surface area contributed by atoms with E-state index in [2.05, 4.69) is 15.5 Å². The zero-order valence-electron chi connectivity index (χ0n) is 16.8. The van der Waals surface area contributed by atoms with Crippen molar-refractivity contribution in [3.63, 3.8) is 0 Å². The second-order valence-electron chi connectivity index (χ2n) is 6.57. The summed E-state index contributed by atoms with van der Waals surface area (Å²) in [6, 6.07) is 13.3.